The lowest BCUT2D eigenvalue weighted by molar-refractivity contribution is 0.0240. The number of thiophene rings is 1. The summed E-state index contributed by atoms with van der Waals surface area (Å²) in [6.45, 7) is 12.9. The van der Waals surface area contributed by atoms with Gasteiger partial charge in [0.05, 0.1) is 21.6 Å². The molecule has 198 valence electrons. The number of carbonyl (C=O) groups excluding carboxylic acids is 1. The third kappa shape index (κ3) is 5.70. The SMILES string of the molecule is Cc1cc2nc(-c3ccc(N4CCN(C(=O)OC(C)(C)C)CC4)cc3)cc(N3CCC(N(C)C)C3)c2s1. The van der Waals surface area contributed by atoms with Gasteiger partial charge in [-0.1, -0.05) is 12.1 Å². The molecule has 1 aromatic carbocycles. The van der Waals surface area contributed by atoms with Crippen LogP contribution in [0.5, 0.6) is 0 Å². The van der Waals surface area contributed by atoms with Crippen LogP contribution in [0.25, 0.3) is 21.5 Å². The Kier molecular flexibility index (Phi) is 7.07. The van der Waals surface area contributed by atoms with Crippen molar-refractivity contribution in [3.63, 3.8) is 0 Å². The number of rotatable bonds is 4. The molecule has 8 heteroatoms. The van der Waals surface area contributed by atoms with Crippen molar-refractivity contribution in [3.05, 3.63) is 41.3 Å². The predicted octanol–water partition coefficient (Wildman–Crippen LogP) is 5.47. The lowest BCUT2D eigenvalue weighted by Gasteiger charge is -2.36. The summed E-state index contributed by atoms with van der Waals surface area (Å²) in [7, 11) is 4.35. The quantitative estimate of drug-likeness (QED) is 0.454. The maximum Gasteiger partial charge on any atom is 0.410 e. The van der Waals surface area contributed by atoms with E-state index in [0.717, 1.165) is 43.0 Å². The van der Waals surface area contributed by atoms with E-state index >= 15 is 0 Å². The number of piperazine rings is 1. The number of nitrogens with zero attached hydrogens (tertiary/aromatic N) is 5. The van der Waals surface area contributed by atoms with Gasteiger partial charge in [0.15, 0.2) is 0 Å². The molecule has 3 aromatic rings. The van der Waals surface area contributed by atoms with Crippen LogP contribution in [0.4, 0.5) is 16.2 Å². The molecule has 0 bridgehead atoms. The second-order valence-corrected chi connectivity index (χ2v) is 12.7. The summed E-state index contributed by atoms with van der Waals surface area (Å²) in [5, 5.41) is 0. The summed E-state index contributed by atoms with van der Waals surface area (Å²) in [5.41, 5.74) is 5.26. The van der Waals surface area contributed by atoms with Crippen LogP contribution in [0.3, 0.4) is 0 Å². The largest absolute Gasteiger partial charge is 0.444 e. The van der Waals surface area contributed by atoms with Crippen molar-refractivity contribution in [1.82, 2.24) is 14.8 Å². The van der Waals surface area contributed by atoms with Gasteiger partial charge in [0.1, 0.15) is 5.60 Å². The summed E-state index contributed by atoms with van der Waals surface area (Å²) < 4.78 is 6.83. The van der Waals surface area contributed by atoms with Gasteiger partial charge in [-0.25, -0.2) is 9.78 Å². The number of fused-ring (bicyclic) bond motifs is 1. The predicted molar refractivity (Wildman–Crippen MR) is 154 cm³/mol. The molecule has 2 aliphatic rings. The number of pyridine rings is 1. The van der Waals surface area contributed by atoms with E-state index in [1.807, 2.05) is 32.1 Å². The minimum Gasteiger partial charge on any atom is -0.444 e. The monoisotopic (exact) mass is 521 g/mol. The van der Waals surface area contributed by atoms with Crippen LogP contribution in [0.1, 0.15) is 32.1 Å². The fourth-order valence-corrected chi connectivity index (χ4v) is 6.20. The van der Waals surface area contributed by atoms with Crippen molar-refractivity contribution in [1.29, 1.82) is 0 Å². The first kappa shape index (κ1) is 25.8. The van der Waals surface area contributed by atoms with Crippen LogP contribution in [-0.2, 0) is 4.74 Å². The molecular weight excluding hydrogens is 482 g/mol. The van der Waals surface area contributed by atoms with Crippen LogP contribution in [0.2, 0.25) is 0 Å². The van der Waals surface area contributed by atoms with Gasteiger partial charge in [-0.2, -0.15) is 0 Å². The van der Waals surface area contributed by atoms with Gasteiger partial charge in [-0.05, 0) is 72.5 Å². The first-order valence-corrected chi connectivity index (χ1v) is 14.0. The molecule has 0 spiro atoms. The van der Waals surface area contributed by atoms with Crippen molar-refractivity contribution in [3.8, 4) is 11.3 Å². The van der Waals surface area contributed by atoms with Crippen molar-refractivity contribution >= 4 is 39.0 Å². The third-order valence-corrected chi connectivity index (χ3v) is 8.34. The lowest BCUT2D eigenvalue weighted by atomic mass is 10.1. The second-order valence-electron chi connectivity index (χ2n) is 11.5. The Hall–Kier alpha value is -2.84. The number of benzene rings is 1. The van der Waals surface area contributed by atoms with Crippen LogP contribution < -0.4 is 9.80 Å². The van der Waals surface area contributed by atoms with Crippen molar-refractivity contribution in [2.45, 2.75) is 45.8 Å². The second kappa shape index (κ2) is 10.1. The van der Waals surface area contributed by atoms with E-state index in [1.165, 1.54) is 27.4 Å². The van der Waals surface area contributed by atoms with Gasteiger partial charge in [0.25, 0.3) is 0 Å². The number of ether oxygens (including phenoxy) is 1. The molecule has 1 atom stereocenters. The molecule has 37 heavy (non-hydrogen) atoms. The van der Waals surface area contributed by atoms with Crippen LogP contribution in [-0.4, -0.2) is 85.9 Å². The number of aromatic nitrogens is 1. The van der Waals surface area contributed by atoms with Gasteiger partial charge in [0.2, 0.25) is 0 Å². The number of carbonyl (C=O) groups is 1. The number of hydrogen-bond donors (Lipinski definition) is 0. The highest BCUT2D eigenvalue weighted by Crippen LogP contribution is 2.38. The molecule has 7 nitrogen and oxygen atoms in total. The van der Waals surface area contributed by atoms with E-state index in [9.17, 15) is 4.79 Å². The Morgan fingerprint density at radius 1 is 1.03 bits per heavy atom. The summed E-state index contributed by atoms with van der Waals surface area (Å²) in [4.78, 5) is 27.8. The molecule has 0 N–H and O–H groups in total. The van der Waals surface area contributed by atoms with E-state index in [4.69, 9.17) is 9.72 Å². The van der Waals surface area contributed by atoms with Gasteiger partial charge >= 0.3 is 6.09 Å². The fraction of sp³-hybridized carbons (Fsp3) is 0.517. The standard InChI is InChI=1S/C29H39N5O2S/c1-20-17-25-27(37-20)26(34-12-11-23(19-34)31(5)6)18-24(30-25)21-7-9-22(10-8-21)32-13-15-33(16-14-32)28(35)36-29(2,3)4/h7-10,17-18,23H,11-16,19H2,1-6H3. The molecular formula is C29H39N5O2S. The van der Waals surface area contributed by atoms with Crippen molar-refractivity contribution in [2.24, 2.45) is 0 Å². The Morgan fingerprint density at radius 3 is 2.35 bits per heavy atom. The van der Waals surface area contributed by atoms with E-state index in [0.29, 0.717) is 19.1 Å². The zero-order chi connectivity index (χ0) is 26.3. The average molecular weight is 522 g/mol. The first-order valence-electron chi connectivity index (χ1n) is 13.2. The summed E-state index contributed by atoms with van der Waals surface area (Å²) >= 11 is 1.84. The average Bonchev–Trinajstić information content (AvgIpc) is 3.49. The maximum atomic E-state index is 12.4. The Bertz CT molecular complexity index is 1260. The zero-order valence-corrected chi connectivity index (χ0v) is 23.8. The first-order chi connectivity index (χ1) is 17.6. The molecule has 2 fully saturated rings. The smallest absolute Gasteiger partial charge is 0.410 e. The molecule has 2 aromatic heterocycles. The van der Waals surface area contributed by atoms with Crippen LogP contribution in [0.15, 0.2) is 36.4 Å². The van der Waals surface area contributed by atoms with Gasteiger partial charge in [0, 0.05) is 61.4 Å². The normalized spacial score (nSPS) is 18.8. The molecule has 5 rings (SSSR count). The highest BCUT2D eigenvalue weighted by Gasteiger charge is 2.28. The number of aryl methyl sites for hydroxylation is 1. The van der Waals surface area contributed by atoms with Gasteiger partial charge in [-0.15, -0.1) is 11.3 Å². The summed E-state index contributed by atoms with van der Waals surface area (Å²) in [6.07, 6.45) is 0.963. The number of hydrogen-bond acceptors (Lipinski definition) is 7. The van der Waals surface area contributed by atoms with Gasteiger partial charge < -0.3 is 24.3 Å². The fourth-order valence-electron chi connectivity index (χ4n) is 5.21. The molecule has 2 aliphatic heterocycles. The Labute approximate surface area is 224 Å². The van der Waals surface area contributed by atoms with E-state index in [2.05, 4.69) is 72.1 Å². The zero-order valence-electron chi connectivity index (χ0n) is 23.0. The van der Waals surface area contributed by atoms with E-state index < -0.39 is 5.60 Å². The molecule has 1 amide bonds. The van der Waals surface area contributed by atoms with E-state index in [-0.39, 0.29) is 6.09 Å². The molecule has 1 unspecified atom stereocenters. The Morgan fingerprint density at radius 2 is 1.73 bits per heavy atom. The lowest BCUT2D eigenvalue weighted by Crippen LogP contribution is -2.50. The highest BCUT2D eigenvalue weighted by atomic mass is 32.1. The van der Waals surface area contributed by atoms with Gasteiger partial charge in [-0.3, -0.25) is 0 Å². The van der Waals surface area contributed by atoms with Crippen molar-refractivity contribution < 1.29 is 9.53 Å². The molecule has 0 radical (unpaired) electrons. The summed E-state index contributed by atoms with van der Waals surface area (Å²) in [6, 6.07) is 13.8. The minimum absolute atomic E-state index is 0.224. The number of amides is 1. The molecule has 4 heterocycles. The molecule has 2 saturated heterocycles. The maximum absolute atomic E-state index is 12.4. The Balaban J connectivity index is 1.32. The highest BCUT2D eigenvalue weighted by molar-refractivity contribution is 7.19. The molecule has 0 saturated carbocycles. The summed E-state index contributed by atoms with van der Waals surface area (Å²) in [5.74, 6) is 0. The number of likely N-dealkylation sites (N-methyl/N-ethyl adjacent to an activating group) is 1. The third-order valence-electron chi connectivity index (χ3n) is 7.28. The molecule has 0 aliphatic carbocycles. The van der Waals surface area contributed by atoms with Crippen molar-refractivity contribution in [2.75, 3.05) is 63.2 Å². The van der Waals surface area contributed by atoms with Crippen LogP contribution in [0, 0.1) is 6.92 Å². The number of anilines is 2. The topological polar surface area (TPSA) is 52.2 Å². The minimum atomic E-state index is -0.467. The van der Waals surface area contributed by atoms with Crippen LogP contribution >= 0.6 is 11.3 Å². The van der Waals surface area contributed by atoms with E-state index in [1.54, 1.807) is 4.90 Å².